The fourth-order valence-corrected chi connectivity index (χ4v) is 3.23. The molecule has 0 saturated carbocycles. The van der Waals surface area contributed by atoms with E-state index in [0.717, 1.165) is 53.2 Å². The van der Waals surface area contributed by atoms with Gasteiger partial charge in [-0.15, -0.1) is 0 Å². The molecule has 0 bridgehead atoms. The van der Waals surface area contributed by atoms with Crippen LogP contribution in [0, 0.1) is 13.8 Å². The van der Waals surface area contributed by atoms with Crippen LogP contribution in [0.25, 0.3) is 0 Å². The highest BCUT2D eigenvalue weighted by molar-refractivity contribution is 6.00. The fraction of sp³-hybridized carbons (Fsp3) is 0.400. The number of aryl methyl sites for hydroxylation is 2. The number of rotatable bonds is 11. The molecule has 2 aromatic rings. The molecule has 2 rings (SSSR count). The molecule has 0 atom stereocenters. The van der Waals surface area contributed by atoms with Crippen molar-refractivity contribution in [2.45, 2.75) is 47.0 Å². The van der Waals surface area contributed by atoms with Gasteiger partial charge in [-0.2, -0.15) is 0 Å². The van der Waals surface area contributed by atoms with Crippen LogP contribution in [0.1, 0.15) is 48.9 Å². The van der Waals surface area contributed by atoms with Gasteiger partial charge in [0.2, 0.25) is 0 Å². The average Bonchev–Trinajstić information content (AvgIpc) is 2.70. The number of oxime groups is 1. The Hall–Kier alpha value is -2.75. The maximum atomic E-state index is 6.12. The van der Waals surface area contributed by atoms with Gasteiger partial charge in [0, 0.05) is 6.42 Å². The lowest BCUT2D eigenvalue weighted by Gasteiger charge is -2.15. The molecule has 0 unspecified atom stereocenters. The monoisotopic (exact) mass is 395 g/mol. The van der Waals surface area contributed by atoms with Crippen molar-refractivity contribution >= 4 is 5.71 Å². The lowest BCUT2D eigenvalue weighted by atomic mass is 10.0. The lowest BCUT2D eigenvalue weighted by molar-refractivity contribution is 0.213. The Morgan fingerprint density at radius 2 is 1.83 bits per heavy atom. The van der Waals surface area contributed by atoms with Crippen molar-refractivity contribution < 1.29 is 14.3 Å². The van der Waals surface area contributed by atoms with Crippen LogP contribution in [-0.2, 0) is 11.3 Å². The van der Waals surface area contributed by atoms with Gasteiger partial charge in [0.15, 0.2) is 0 Å². The highest BCUT2D eigenvalue weighted by Crippen LogP contribution is 2.28. The van der Waals surface area contributed by atoms with E-state index < -0.39 is 0 Å². The molecule has 29 heavy (non-hydrogen) atoms. The van der Waals surface area contributed by atoms with E-state index in [2.05, 4.69) is 50.2 Å². The molecule has 0 heterocycles. The van der Waals surface area contributed by atoms with Gasteiger partial charge < -0.3 is 14.3 Å². The van der Waals surface area contributed by atoms with Crippen molar-refractivity contribution in [2.75, 3.05) is 20.3 Å². The topological polar surface area (TPSA) is 40.0 Å². The summed E-state index contributed by atoms with van der Waals surface area (Å²) in [6, 6.07) is 12.5. The Kier molecular flexibility index (Phi) is 9.29. The standard InChI is InChI=1S/C25H33NO3/c1-6-8-14-28-23-16-19(3)25(20(4)17-23)29-15-13-21-11-9-12-22(18-21)24(10-7-2)26-27-5/h6,8-9,11-12,16-18H,7,10,13-15H2,1-5H3/b8-6+,26-24?. The minimum atomic E-state index is 0.582. The molecular formula is C25H33NO3. The maximum Gasteiger partial charge on any atom is 0.125 e. The summed E-state index contributed by atoms with van der Waals surface area (Å²) in [5.41, 5.74) is 5.50. The van der Waals surface area contributed by atoms with Gasteiger partial charge in [-0.1, -0.05) is 48.9 Å². The summed E-state index contributed by atoms with van der Waals surface area (Å²) in [6.07, 6.45) is 6.74. The van der Waals surface area contributed by atoms with Crippen LogP contribution in [-0.4, -0.2) is 26.0 Å². The molecule has 0 aliphatic carbocycles. The van der Waals surface area contributed by atoms with Gasteiger partial charge in [0.1, 0.15) is 25.2 Å². The van der Waals surface area contributed by atoms with E-state index in [-0.39, 0.29) is 0 Å². The zero-order valence-corrected chi connectivity index (χ0v) is 18.3. The van der Waals surface area contributed by atoms with Gasteiger partial charge in [-0.3, -0.25) is 0 Å². The smallest absolute Gasteiger partial charge is 0.125 e. The van der Waals surface area contributed by atoms with Gasteiger partial charge in [-0.25, -0.2) is 0 Å². The molecule has 2 aromatic carbocycles. The number of allylic oxidation sites excluding steroid dienone is 1. The third kappa shape index (κ3) is 6.97. The summed E-state index contributed by atoms with van der Waals surface area (Å²) in [5.74, 6) is 1.81. The first-order valence-electron chi connectivity index (χ1n) is 10.3. The second-order valence-corrected chi connectivity index (χ2v) is 7.04. The Morgan fingerprint density at radius 1 is 1.07 bits per heavy atom. The molecular weight excluding hydrogens is 362 g/mol. The van der Waals surface area contributed by atoms with Crippen molar-refractivity contribution in [1.82, 2.24) is 0 Å². The van der Waals surface area contributed by atoms with Crippen LogP contribution < -0.4 is 9.47 Å². The molecule has 0 spiro atoms. The van der Waals surface area contributed by atoms with Crippen molar-refractivity contribution in [3.63, 3.8) is 0 Å². The van der Waals surface area contributed by atoms with E-state index in [4.69, 9.17) is 14.3 Å². The molecule has 4 nitrogen and oxygen atoms in total. The maximum absolute atomic E-state index is 6.12. The van der Waals surface area contributed by atoms with Gasteiger partial charge in [0.25, 0.3) is 0 Å². The van der Waals surface area contributed by atoms with Crippen LogP contribution in [0.3, 0.4) is 0 Å². The average molecular weight is 396 g/mol. The summed E-state index contributed by atoms with van der Waals surface area (Å²) < 4.78 is 11.9. The SMILES string of the molecule is C/C=C/COc1cc(C)c(OCCc2cccc(C(CCC)=NOC)c2)c(C)c1. The third-order valence-electron chi connectivity index (χ3n) is 4.60. The Bertz CT molecular complexity index is 817. The Labute approximate surface area is 175 Å². The fourth-order valence-electron chi connectivity index (χ4n) is 3.23. The van der Waals surface area contributed by atoms with Crippen LogP contribution in [0.15, 0.2) is 53.7 Å². The zero-order valence-electron chi connectivity index (χ0n) is 18.3. The second kappa shape index (κ2) is 11.9. The lowest BCUT2D eigenvalue weighted by Crippen LogP contribution is -2.06. The van der Waals surface area contributed by atoms with Crippen LogP contribution in [0.4, 0.5) is 0 Å². The molecule has 0 radical (unpaired) electrons. The Morgan fingerprint density at radius 3 is 2.48 bits per heavy atom. The summed E-state index contributed by atoms with van der Waals surface area (Å²) in [4.78, 5) is 5.01. The number of ether oxygens (including phenoxy) is 2. The summed E-state index contributed by atoms with van der Waals surface area (Å²) in [5, 5.41) is 4.18. The van der Waals surface area contributed by atoms with E-state index in [1.165, 1.54) is 5.56 Å². The number of benzene rings is 2. The van der Waals surface area contributed by atoms with Crippen LogP contribution in [0.2, 0.25) is 0 Å². The third-order valence-corrected chi connectivity index (χ3v) is 4.60. The predicted molar refractivity (Wildman–Crippen MR) is 120 cm³/mol. The number of nitrogens with zero attached hydrogens (tertiary/aromatic N) is 1. The van der Waals surface area contributed by atoms with Crippen molar-refractivity contribution in [3.05, 3.63) is 70.8 Å². The van der Waals surface area contributed by atoms with E-state index in [1.54, 1.807) is 7.11 Å². The van der Waals surface area contributed by atoms with E-state index in [9.17, 15) is 0 Å². The van der Waals surface area contributed by atoms with Gasteiger partial charge in [0.05, 0.1) is 12.3 Å². The van der Waals surface area contributed by atoms with Crippen molar-refractivity contribution in [3.8, 4) is 11.5 Å². The van der Waals surface area contributed by atoms with E-state index in [0.29, 0.717) is 13.2 Å². The number of hydrogen-bond donors (Lipinski definition) is 0. The summed E-state index contributed by atoms with van der Waals surface area (Å²) in [6.45, 7) is 9.45. The molecule has 0 amide bonds. The summed E-state index contributed by atoms with van der Waals surface area (Å²) in [7, 11) is 1.59. The minimum Gasteiger partial charge on any atom is -0.493 e. The second-order valence-electron chi connectivity index (χ2n) is 7.04. The first kappa shape index (κ1) is 22.5. The van der Waals surface area contributed by atoms with Crippen LogP contribution >= 0.6 is 0 Å². The molecule has 0 N–H and O–H groups in total. The molecule has 0 aromatic heterocycles. The molecule has 0 fully saturated rings. The van der Waals surface area contributed by atoms with Crippen LogP contribution in [0.5, 0.6) is 11.5 Å². The molecule has 0 aliphatic heterocycles. The first-order valence-corrected chi connectivity index (χ1v) is 10.3. The number of hydrogen-bond acceptors (Lipinski definition) is 4. The van der Waals surface area contributed by atoms with Gasteiger partial charge >= 0.3 is 0 Å². The molecule has 4 heteroatoms. The molecule has 0 saturated heterocycles. The van der Waals surface area contributed by atoms with E-state index >= 15 is 0 Å². The molecule has 0 aliphatic rings. The van der Waals surface area contributed by atoms with Gasteiger partial charge in [-0.05, 0) is 67.6 Å². The summed E-state index contributed by atoms with van der Waals surface area (Å²) >= 11 is 0. The van der Waals surface area contributed by atoms with Crippen molar-refractivity contribution in [1.29, 1.82) is 0 Å². The Balaban J connectivity index is 2.01. The minimum absolute atomic E-state index is 0.582. The molecule has 156 valence electrons. The highest BCUT2D eigenvalue weighted by Gasteiger charge is 2.09. The highest BCUT2D eigenvalue weighted by atomic mass is 16.6. The quantitative estimate of drug-likeness (QED) is 0.265. The largest absolute Gasteiger partial charge is 0.493 e. The zero-order chi connectivity index (χ0) is 21.1. The van der Waals surface area contributed by atoms with E-state index in [1.807, 2.05) is 31.2 Å². The van der Waals surface area contributed by atoms with Crippen molar-refractivity contribution in [2.24, 2.45) is 5.16 Å². The first-order chi connectivity index (χ1) is 14.1. The normalized spacial score (nSPS) is 11.7. The predicted octanol–water partition coefficient (Wildman–Crippen LogP) is 6.03.